The first-order chi connectivity index (χ1) is 8.70. The summed E-state index contributed by atoms with van der Waals surface area (Å²) < 4.78 is 31.7. The molecule has 1 nitrogen and oxygen atoms in total. The number of alkyl halides is 1. The van der Waals surface area contributed by atoms with E-state index < -0.39 is 11.6 Å². The molecule has 0 aliphatic heterocycles. The number of hydrogen-bond acceptors (Lipinski definition) is 1. The van der Waals surface area contributed by atoms with Gasteiger partial charge in [0.2, 0.25) is 0 Å². The highest BCUT2D eigenvalue weighted by atomic mass is 79.9. The van der Waals surface area contributed by atoms with Crippen LogP contribution < -0.4 is 4.74 Å². The van der Waals surface area contributed by atoms with Crippen LogP contribution in [0.1, 0.15) is 11.1 Å². The molecular formula is C14H11BrF2O. The SMILES string of the molecule is Fc1cccc(COc2ccc(CBr)cc2)c1F. The van der Waals surface area contributed by atoms with Crippen molar-refractivity contribution in [1.82, 2.24) is 0 Å². The first kappa shape index (κ1) is 13.0. The number of halogens is 3. The van der Waals surface area contributed by atoms with Gasteiger partial charge >= 0.3 is 0 Å². The van der Waals surface area contributed by atoms with Crippen molar-refractivity contribution in [2.24, 2.45) is 0 Å². The highest BCUT2D eigenvalue weighted by Crippen LogP contribution is 2.17. The van der Waals surface area contributed by atoms with Crippen LogP contribution in [0.15, 0.2) is 42.5 Å². The summed E-state index contributed by atoms with van der Waals surface area (Å²) >= 11 is 3.34. The standard InChI is InChI=1S/C14H11BrF2O/c15-8-10-4-6-12(7-5-10)18-9-11-2-1-3-13(16)14(11)17/h1-7H,8-9H2. The summed E-state index contributed by atoms with van der Waals surface area (Å²) in [5, 5.41) is 0.770. The first-order valence-corrected chi connectivity index (χ1v) is 6.53. The monoisotopic (exact) mass is 312 g/mol. The van der Waals surface area contributed by atoms with E-state index in [-0.39, 0.29) is 12.2 Å². The van der Waals surface area contributed by atoms with Crippen molar-refractivity contribution in [2.45, 2.75) is 11.9 Å². The summed E-state index contributed by atoms with van der Waals surface area (Å²) in [6, 6.07) is 11.5. The molecule has 0 saturated carbocycles. The maximum atomic E-state index is 13.4. The van der Waals surface area contributed by atoms with E-state index in [1.807, 2.05) is 12.1 Å². The van der Waals surface area contributed by atoms with E-state index in [2.05, 4.69) is 15.9 Å². The summed E-state index contributed by atoms with van der Waals surface area (Å²) in [6.07, 6.45) is 0. The Labute approximate surface area is 113 Å². The average Bonchev–Trinajstić information content (AvgIpc) is 2.41. The predicted octanol–water partition coefficient (Wildman–Crippen LogP) is 4.44. The molecule has 2 aromatic carbocycles. The minimum atomic E-state index is -0.856. The van der Waals surface area contributed by atoms with Crippen molar-refractivity contribution in [3.8, 4) is 5.75 Å². The molecule has 0 amide bonds. The Morgan fingerprint density at radius 1 is 1.00 bits per heavy atom. The zero-order valence-corrected chi connectivity index (χ0v) is 11.1. The van der Waals surface area contributed by atoms with Crippen LogP contribution in [0.25, 0.3) is 0 Å². The van der Waals surface area contributed by atoms with Gasteiger partial charge < -0.3 is 4.74 Å². The molecule has 0 bridgehead atoms. The van der Waals surface area contributed by atoms with Crippen molar-refractivity contribution >= 4 is 15.9 Å². The van der Waals surface area contributed by atoms with E-state index >= 15 is 0 Å². The zero-order chi connectivity index (χ0) is 13.0. The molecule has 0 radical (unpaired) electrons. The fourth-order valence-corrected chi connectivity index (χ4v) is 1.87. The first-order valence-electron chi connectivity index (χ1n) is 5.41. The Morgan fingerprint density at radius 3 is 2.39 bits per heavy atom. The van der Waals surface area contributed by atoms with Crippen LogP contribution in [-0.2, 0) is 11.9 Å². The van der Waals surface area contributed by atoms with E-state index in [9.17, 15) is 8.78 Å². The third-order valence-electron chi connectivity index (χ3n) is 2.50. The molecule has 18 heavy (non-hydrogen) atoms. The van der Waals surface area contributed by atoms with Gasteiger partial charge in [0.1, 0.15) is 12.4 Å². The summed E-state index contributed by atoms with van der Waals surface area (Å²) in [6.45, 7) is 0.0112. The second-order valence-electron chi connectivity index (χ2n) is 3.78. The molecular weight excluding hydrogens is 302 g/mol. The lowest BCUT2D eigenvalue weighted by molar-refractivity contribution is 0.297. The van der Waals surface area contributed by atoms with Crippen LogP contribution in [0.2, 0.25) is 0 Å². The van der Waals surface area contributed by atoms with Gasteiger partial charge in [0.05, 0.1) is 0 Å². The molecule has 0 atom stereocenters. The predicted molar refractivity (Wildman–Crippen MR) is 69.8 cm³/mol. The molecule has 0 N–H and O–H groups in total. The number of hydrogen-bond donors (Lipinski definition) is 0. The van der Waals surface area contributed by atoms with E-state index in [4.69, 9.17) is 4.74 Å². The number of rotatable bonds is 4. The Kier molecular flexibility index (Phi) is 4.31. The minimum Gasteiger partial charge on any atom is -0.489 e. The van der Waals surface area contributed by atoms with Gasteiger partial charge in [0.15, 0.2) is 11.6 Å². The van der Waals surface area contributed by atoms with Gasteiger partial charge in [-0.3, -0.25) is 0 Å². The van der Waals surface area contributed by atoms with Crippen LogP contribution in [0.3, 0.4) is 0 Å². The Balaban J connectivity index is 2.04. The topological polar surface area (TPSA) is 9.23 Å². The normalized spacial score (nSPS) is 10.4. The summed E-state index contributed by atoms with van der Waals surface area (Å²) in [4.78, 5) is 0. The third-order valence-corrected chi connectivity index (χ3v) is 3.15. The van der Waals surface area contributed by atoms with Gasteiger partial charge in [-0.15, -0.1) is 0 Å². The molecule has 0 fully saturated rings. The summed E-state index contributed by atoms with van der Waals surface area (Å²) in [5.74, 6) is -1.08. The Bertz CT molecular complexity index is 526. The largest absolute Gasteiger partial charge is 0.489 e. The molecule has 0 heterocycles. The summed E-state index contributed by atoms with van der Waals surface area (Å²) in [7, 11) is 0. The van der Waals surface area contributed by atoms with Crippen LogP contribution in [-0.4, -0.2) is 0 Å². The van der Waals surface area contributed by atoms with Crippen LogP contribution in [0.4, 0.5) is 8.78 Å². The molecule has 0 aliphatic rings. The molecule has 4 heteroatoms. The van der Waals surface area contributed by atoms with Crippen molar-refractivity contribution in [1.29, 1.82) is 0 Å². The smallest absolute Gasteiger partial charge is 0.165 e. The Hall–Kier alpha value is -1.42. The van der Waals surface area contributed by atoms with Crippen molar-refractivity contribution in [3.05, 3.63) is 65.2 Å². The molecule has 94 valence electrons. The van der Waals surface area contributed by atoms with E-state index in [0.29, 0.717) is 5.75 Å². The maximum absolute atomic E-state index is 13.4. The summed E-state index contributed by atoms with van der Waals surface area (Å²) in [5.41, 5.74) is 1.33. The fourth-order valence-electron chi connectivity index (χ4n) is 1.50. The Morgan fingerprint density at radius 2 is 1.72 bits per heavy atom. The van der Waals surface area contributed by atoms with Gasteiger partial charge in [-0.25, -0.2) is 8.78 Å². The van der Waals surface area contributed by atoms with Gasteiger partial charge in [-0.2, -0.15) is 0 Å². The van der Waals surface area contributed by atoms with Crippen LogP contribution >= 0.6 is 15.9 Å². The van der Waals surface area contributed by atoms with Gasteiger partial charge in [-0.1, -0.05) is 40.2 Å². The van der Waals surface area contributed by atoms with Crippen molar-refractivity contribution in [3.63, 3.8) is 0 Å². The second-order valence-corrected chi connectivity index (χ2v) is 4.34. The number of benzene rings is 2. The maximum Gasteiger partial charge on any atom is 0.165 e. The highest BCUT2D eigenvalue weighted by molar-refractivity contribution is 9.08. The van der Waals surface area contributed by atoms with E-state index in [0.717, 1.165) is 17.0 Å². The average molecular weight is 313 g/mol. The minimum absolute atomic E-state index is 0.0112. The lowest BCUT2D eigenvalue weighted by Gasteiger charge is -2.07. The molecule has 0 saturated heterocycles. The van der Waals surface area contributed by atoms with Crippen molar-refractivity contribution in [2.75, 3.05) is 0 Å². The molecule has 0 spiro atoms. The molecule has 2 aromatic rings. The second kappa shape index (κ2) is 5.96. The third kappa shape index (κ3) is 3.07. The van der Waals surface area contributed by atoms with Gasteiger partial charge in [0, 0.05) is 10.9 Å². The van der Waals surface area contributed by atoms with Crippen LogP contribution in [0, 0.1) is 11.6 Å². The quantitative estimate of drug-likeness (QED) is 0.758. The molecule has 0 unspecified atom stereocenters. The van der Waals surface area contributed by atoms with Gasteiger partial charge in [0.25, 0.3) is 0 Å². The molecule has 2 rings (SSSR count). The highest BCUT2D eigenvalue weighted by Gasteiger charge is 2.07. The van der Waals surface area contributed by atoms with E-state index in [1.165, 1.54) is 12.1 Å². The lowest BCUT2D eigenvalue weighted by atomic mass is 10.2. The van der Waals surface area contributed by atoms with E-state index in [1.54, 1.807) is 12.1 Å². The molecule has 0 aliphatic carbocycles. The van der Waals surface area contributed by atoms with Crippen LogP contribution in [0.5, 0.6) is 5.75 Å². The van der Waals surface area contributed by atoms with Gasteiger partial charge in [-0.05, 0) is 23.8 Å². The lowest BCUT2D eigenvalue weighted by Crippen LogP contribution is -2.00. The zero-order valence-electron chi connectivity index (χ0n) is 9.50. The van der Waals surface area contributed by atoms with Crippen molar-refractivity contribution < 1.29 is 13.5 Å². The molecule has 0 aromatic heterocycles. The number of ether oxygens (including phenoxy) is 1. The fraction of sp³-hybridized carbons (Fsp3) is 0.143.